The van der Waals surface area contributed by atoms with E-state index < -0.39 is 5.82 Å². The van der Waals surface area contributed by atoms with E-state index in [1.807, 2.05) is 0 Å². The van der Waals surface area contributed by atoms with Gasteiger partial charge >= 0.3 is 0 Å². The number of hydrogen-bond donors (Lipinski definition) is 0. The predicted molar refractivity (Wildman–Crippen MR) is 44.6 cm³/mol. The van der Waals surface area contributed by atoms with Gasteiger partial charge in [-0.15, -0.1) is 0 Å². The van der Waals surface area contributed by atoms with Gasteiger partial charge in [0.15, 0.2) is 0 Å². The molecule has 1 nitrogen and oxygen atoms in total. The van der Waals surface area contributed by atoms with Crippen LogP contribution in [-0.2, 0) is 11.2 Å². The van der Waals surface area contributed by atoms with Gasteiger partial charge in [-0.05, 0) is 19.1 Å². The van der Waals surface area contributed by atoms with Crippen molar-refractivity contribution in [2.75, 3.05) is 0 Å². The highest BCUT2D eigenvalue weighted by atomic mass is 35.5. The molecule has 1 radical (unpaired) electrons. The van der Waals surface area contributed by atoms with Gasteiger partial charge in [0.1, 0.15) is 11.6 Å². The van der Waals surface area contributed by atoms with Crippen molar-refractivity contribution < 1.29 is 9.18 Å². The lowest BCUT2D eigenvalue weighted by Gasteiger charge is -2.01. The van der Waals surface area contributed by atoms with Crippen LogP contribution >= 0.6 is 11.6 Å². The summed E-state index contributed by atoms with van der Waals surface area (Å²) in [7, 11) is 0. The molecule has 0 aliphatic carbocycles. The number of benzene rings is 1. The maximum Gasteiger partial charge on any atom is 0.136 e. The summed E-state index contributed by atoms with van der Waals surface area (Å²) in [4.78, 5) is 10.7. The van der Waals surface area contributed by atoms with Crippen molar-refractivity contribution in [1.29, 1.82) is 0 Å². The Hall–Kier alpha value is -0.890. The molecule has 0 amide bonds. The van der Waals surface area contributed by atoms with E-state index in [1.54, 1.807) is 0 Å². The molecule has 0 N–H and O–H groups in total. The van der Waals surface area contributed by atoms with E-state index in [9.17, 15) is 9.18 Å². The van der Waals surface area contributed by atoms with Crippen molar-refractivity contribution in [3.8, 4) is 0 Å². The Labute approximate surface area is 75.2 Å². The maximum atomic E-state index is 12.9. The summed E-state index contributed by atoms with van der Waals surface area (Å²) < 4.78 is 12.9. The van der Waals surface area contributed by atoms with Crippen LogP contribution in [0.1, 0.15) is 12.5 Å². The zero-order valence-corrected chi connectivity index (χ0v) is 7.28. The lowest BCUT2D eigenvalue weighted by Crippen LogP contribution is -2.00. The minimum atomic E-state index is -0.544. The molecule has 0 aliphatic heterocycles. The molecule has 63 valence electrons. The van der Waals surface area contributed by atoms with Crippen LogP contribution in [0.5, 0.6) is 0 Å². The van der Waals surface area contributed by atoms with Gasteiger partial charge in [-0.3, -0.25) is 4.79 Å². The molecule has 1 aromatic rings. The molecule has 0 atom stereocenters. The molecule has 1 aromatic carbocycles. The second kappa shape index (κ2) is 3.68. The number of ketones is 1. The molecule has 0 heterocycles. The highest BCUT2D eigenvalue weighted by Crippen LogP contribution is 2.18. The highest BCUT2D eigenvalue weighted by molar-refractivity contribution is 6.31. The van der Waals surface area contributed by atoms with Crippen LogP contribution in [0.25, 0.3) is 0 Å². The van der Waals surface area contributed by atoms with E-state index in [0.29, 0.717) is 0 Å². The lowest BCUT2D eigenvalue weighted by molar-refractivity contribution is -0.116. The fraction of sp³-hybridized carbons (Fsp3) is 0.222. The fourth-order valence-corrected chi connectivity index (χ4v) is 1.10. The van der Waals surface area contributed by atoms with Crippen LogP contribution in [0, 0.1) is 11.9 Å². The van der Waals surface area contributed by atoms with Crippen molar-refractivity contribution >= 4 is 17.4 Å². The minimum absolute atomic E-state index is 0.0298. The minimum Gasteiger partial charge on any atom is -0.300 e. The molecule has 0 aliphatic rings. The topological polar surface area (TPSA) is 17.1 Å². The highest BCUT2D eigenvalue weighted by Gasteiger charge is 2.08. The molecule has 0 aromatic heterocycles. The summed E-state index contributed by atoms with van der Waals surface area (Å²) in [5, 5.41) is 0.279. The van der Waals surface area contributed by atoms with Gasteiger partial charge in [0.05, 0.1) is 0 Å². The van der Waals surface area contributed by atoms with Gasteiger partial charge in [-0.25, -0.2) is 4.39 Å². The van der Waals surface area contributed by atoms with Crippen LogP contribution in [-0.4, -0.2) is 5.78 Å². The zero-order valence-electron chi connectivity index (χ0n) is 6.53. The number of Topliss-reactive ketones (excluding diaryl/α,β-unsaturated/α-hetero) is 1. The summed E-state index contributed by atoms with van der Waals surface area (Å²) in [6, 6.07) is 5.25. The first-order chi connectivity index (χ1) is 5.61. The molecule has 0 fully saturated rings. The van der Waals surface area contributed by atoms with E-state index in [2.05, 4.69) is 6.07 Å². The van der Waals surface area contributed by atoms with Gasteiger partial charge < -0.3 is 0 Å². The van der Waals surface area contributed by atoms with E-state index in [0.717, 1.165) is 0 Å². The largest absolute Gasteiger partial charge is 0.300 e. The van der Waals surface area contributed by atoms with Gasteiger partial charge in [0.25, 0.3) is 0 Å². The number of halogens is 2. The van der Waals surface area contributed by atoms with Gasteiger partial charge in [-0.1, -0.05) is 11.6 Å². The third kappa shape index (κ3) is 2.05. The Morgan fingerprint density at radius 2 is 2.42 bits per heavy atom. The molecular weight excluding hydrogens is 179 g/mol. The zero-order chi connectivity index (χ0) is 9.14. The quantitative estimate of drug-likeness (QED) is 0.692. The Balaban J connectivity index is 3.04. The average Bonchev–Trinajstić information content (AvgIpc) is 1.97. The van der Waals surface area contributed by atoms with E-state index in [1.165, 1.54) is 19.1 Å². The smallest absolute Gasteiger partial charge is 0.136 e. The van der Waals surface area contributed by atoms with E-state index in [4.69, 9.17) is 11.6 Å². The fourth-order valence-electron chi connectivity index (χ4n) is 0.892. The van der Waals surface area contributed by atoms with Gasteiger partial charge in [-0.2, -0.15) is 0 Å². The van der Waals surface area contributed by atoms with Crippen LogP contribution in [0.2, 0.25) is 5.02 Å². The van der Waals surface area contributed by atoms with Crippen LogP contribution in [0.15, 0.2) is 12.1 Å². The van der Waals surface area contributed by atoms with Crippen LogP contribution in [0.4, 0.5) is 4.39 Å². The van der Waals surface area contributed by atoms with Crippen molar-refractivity contribution in [3.05, 3.63) is 34.6 Å². The van der Waals surface area contributed by atoms with Crippen LogP contribution in [0.3, 0.4) is 0 Å². The van der Waals surface area contributed by atoms with Gasteiger partial charge in [0.2, 0.25) is 0 Å². The number of hydrogen-bond acceptors (Lipinski definition) is 1. The van der Waals surface area contributed by atoms with E-state index in [-0.39, 0.29) is 22.8 Å². The summed E-state index contributed by atoms with van der Waals surface area (Å²) >= 11 is 5.66. The SMILES string of the molecule is CC(=O)Cc1c(F)[c]ccc1Cl. The Kier molecular flexibility index (Phi) is 2.82. The number of carbonyl (C=O) groups excluding carboxylic acids is 1. The van der Waals surface area contributed by atoms with Crippen molar-refractivity contribution in [1.82, 2.24) is 0 Å². The third-order valence-electron chi connectivity index (χ3n) is 1.42. The lowest BCUT2D eigenvalue weighted by atomic mass is 10.1. The summed E-state index contributed by atoms with van der Waals surface area (Å²) in [5.74, 6) is -0.659. The summed E-state index contributed by atoms with van der Waals surface area (Å²) in [6.45, 7) is 1.39. The Morgan fingerprint density at radius 1 is 1.75 bits per heavy atom. The molecule has 1 rings (SSSR count). The second-order valence-electron chi connectivity index (χ2n) is 2.50. The molecule has 0 bridgehead atoms. The normalized spacial score (nSPS) is 9.92. The molecule has 0 unspecified atom stereocenters. The molecule has 0 saturated heterocycles. The number of rotatable bonds is 2. The monoisotopic (exact) mass is 185 g/mol. The third-order valence-corrected chi connectivity index (χ3v) is 1.77. The van der Waals surface area contributed by atoms with Gasteiger partial charge in [0, 0.05) is 23.1 Å². The maximum absolute atomic E-state index is 12.9. The molecule has 0 spiro atoms. The standard InChI is InChI=1S/C9H7ClFO/c1-6(12)5-7-8(10)3-2-4-9(7)11/h2-3H,5H2,1H3. The molecule has 12 heavy (non-hydrogen) atoms. The molecular formula is C9H7ClFO. The summed E-state index contributed by atoms with van der Waals surface area (Å²) in [5.41, 5.74) is 0.228. The van der Waals surface area contributed by atoms with Crippen LogP contribution < -0.4 is 0 Å². The average molecular weight is 186 g/mol. The Bertz CT molecular complexity index is 289. The first-order valence-corrected chi connectivity index (χ1v) is 3.83. The van der Waals surface area contributed by atoms with Crippen molar-refractivity contribution in [3.63, 3.8) is 0 Å². The first kappa shape index (κ1) is 9.20. The van der Waals surface area contributed by atoms with Crippen molar-refractivity contribution in [2.24, 2.45) is 0 Å². The van der Waals surface area contributed by atoms with Crippen molar-refractivity contribution in [2.45, 2.75) is 13.3 Å². The molecule has 0 saturated carbocycles. The second-order valence-corrected chi connectivity index (χ2v) is 2.90. The first-order valence-electron chi connectivity index (χ1n) is 3.45. The molecule has 3 heteroatoms. The Morgan fingerprint density at radius 3 is 2.92 bits per heavy atom. The summed E-state index contributed by atoms with van der Waals surface area (Å²) in [6.07, 6.45) is 0.0298. The predicted octanol–water partition coefficient (Wildman–Crippen LogP) is 2.41. The van der Waals surface area contributed by atoms with E-state index >= 15 is 0 Å². The number of carbonyl (C=O) groups is 1.